The van der Waals surface area contributed by atoms with Crippen molar-refractivity contribution in [1.82, 2.24) is 15.1 Å². The van der Waals surface area contributed by atoms with Crippen LogP contribution in [0.25, 0.3) is 0 Å². The Kier molecular flexibility index (Phi) is 4.50. The second-order valence-electron chi connectivity index (χ2n) is 8.79. The first-order valence-electron chi connectivity index (χ1n) is 10.6. The predicted octanol–water partition coefficient (Wildman–Crippen LogP) is 1.98. The summed E-state index contributed by atoms with van der Waals surface area (Å²) in [5, 5.41) is 2.23. The smallest absolute Gasteiger partial charge is 0.262 e. The van der Waals surface area contributed by atoms with Crippen LogP contribution in [0.15, 0.2) is 12.1 Å². The van der Waals surface area contributed by atoms with Crippen LogP contribution in [0.1, 0.15) is 76.8 Å². The Morgan fingerprint density at radius 3 is 2.07 bits per heavy atom. The van der Waals surface area contributed by atoms with Gasteiger partial charge >= 0.3 is 0 Å². The van der Waals surface area contributed by atoms with Crippen LogP contribution in [0.5, 0.6) is 0 Å². The van der Waals surface area contributed by atoms with Gasteiger partial charge in [-0.25, -0.2) is 0 Å². The highest BCUT2D eigenvalue weighted by Crippen LogP contribution is 2.34. The number of hydrogen-bond donors (Lipinski definition) is 1. The Hall–Kier alpha value is -2.54. The van der Waals surface area contributed by atoms with E-state index in [1.807, 2.05) is 12.1 Å². The third kappa shape index (κ3) is 3.17. The number of carbonyl (C=O) groups is 4. The lowest BCUT2D eigenvalue weighted by Gasteiger charge is -2.27. The molecule has 7 nitrogen and oxygen atoms in total. The molecule has 1 atom stereocenters. The van der Waals surface area contributed by atoms with Crippen LogP contribution in [-0.4, -0.2) is 46.0 Å². The van der Waals surface area contributed by atoms with Crippen molar-refractivity contribution in [2.24, 2.45) is 5.92 Å². The Bertz CT molecular complexity index is 874. The highest BCUT2D eigenvalue weighted by molar-refractivity contribution is 6.23. The third-order valence-corrected chi connectivity index (χ3v) is 6.79. The molecule has 0 aromatic heterocycles. The highest BCUT2D eigenvalue weighted by atomic mass is 16.2. The Morgan fingerprint density at radius 1 is 0.862 bits per heavy atom. The fourth-order valence-corrected chi connectivity index (χ4v) is 5.30. The molecule has 1 N–H and O–H groups in total. The molecular formula is C22H25N3O4. The summed E-state index contributed by atoms with van der Waals surface area (Å²) in [5.74, 6) is -1.03. The molecule has 1 aromatic carbocycles. The predicted molar refractivity (Wildman–Crippen MR) is 104 cm³/mol. The van der Waals surface area contributed by atoms with E-state index in [0.29, 0.717) is 11.1 Å². The van der Waals surface area contributed by atoms with E-state index in [9.17, 15) is 19.2 Å². The molecule has 0 bridgehead atoms. The molecule has 1 saturated heterocycles. The van der Waals surface area contributed by atoms with Gasteiger partial charge in [0.2, 0.25) is 11.8 Å². The van der Waals surface area contributed by atoms with E-state index < -0.39 is 23.8 Å². The highest BCUT2D eigenvalue weighted by Gasteiger charge is 2.45. The fourth-order valence-electron chi connectivity index (χ4n) is 5.30. The van der Waals surface area contributed by atoms with Crippen molar-refractivity contribution >= 4 is 23.6 Å². The lowest BCUT2D eigenvalue weighted by molar-refractivity contribution is -0.136. The van der Waals surface area contributed by atoms with Gasteiger partial charge in [0.1, 0.15) is 6.04 Å². The first-order chi connectivity index (χ1) is 14.0. The second kappa shape index (κ2) is 7.06. The third-order valence-electron chi connectivity index (χ3n) is 6.79. The lowest BCUT2D eigenvalue weighted by atomic mass is 9.89. The summed E-state index contributed by atoms with van der Waals surface area (Å²) in [5.41, 5.74) is 2.98. The summed E-state index contributed by atoms with van der Waals surface area (Å²) in [7, 11) is 0. The van der Waals surface area contributed by atoms with E-state index in [1.165, 1.54) is 32.1 Å². The van der Waals surface area contributed by atoms with Crippen LogP contribution in [0.4, 0.5) is 0 Å². The topological polar surface area (TPSA) is 86.8 Å². The van der Waals surface area contributed by atoms with E-state index in [-0.39, 0.29) is 18.7 Å². The number of piperidine rings is 1. The average molecular weight is 395 g/mol. The summed E-state index contributed by atoms with van der Waals surface area (Å²) in [6.07, 6.45) is 6.89. The molecule has 1 saturated carbocycles. The zero-order valence-electron chi connectivity index (χ0n) is 16.4. The number of carbonyl (C=O) groups excluding carboxylic acids is 4. The number of fused-ring (bicyclic) bond motifs is 2. The van der Waals surface area contributed by atoms with E-state index in [0.717, 1.165) is 41.6 Å². The quantitative estimate of drug-likeness (QED) is 0.791. The van der Waals surface area contributed by atoms with Crippen LogP contribution < -0.4 is 5.32 Å². The standard InChI is InChI=1S/C22H25N3O4/c26-19-7-6-18(20(27)23-19)25-21(28)16-8-14-11-24(10-13-4-2-1-3-5-13)12-15(14)9-17(16)22(25)29/h8-9,13,18H,1-7,10-12H2,(H,23,26,27). The first-order valence-corrected chi connectivity index (χ1v) is 10.6. The minimum Gasteiger partial charge on any atom is -0.295 e. The van der Waals surface area contributed by atoms with E-state index >= 15 is 0 Å². The number of imide groups is 2. The summed E-state index contributed by atoms with van der Waals surface area (Å²) in [6, 6.07) is 2.78. The Balaban J connectivity index is 1.34. The van der Waals surface area contributed by atoms with E-state index in [4.69, 9.17) is 0 Å². The minimum absolute atomic E-state index is 0.135. The van der Waals surface area contributed by atoms with Gasteiger partial charge in [-0.3, -0.25) is 34.3 Å². The molecule has 1 unspecified atom stereocenters. The largest absolute Gasteiger partial charge is 0.295 e. The number of benzene rings is 1. The molecule has 3 aliphatic heterocycles. The Labute approximate surface area is 169 Å². The number of amides is 4. The minimum atomic E-state index is -0.905. The molecule has 3 heterocycles. The molecule has 29 heavy (non-hydrogen) atoms. The van der Waals surface area contributed by atoms with Crippen LogP contribution in [-0.2, 0) is 22.7 Å². The molecule has 2 fully saturated rings. The van der Waals surface area contributed by atoms with Gasteiger partial charge in [-0.1, -0.05) is 19.3 Å². The number of nitrogens with one attached hydrogen (secondary N) is 1. The molecule has 1 aliphatic carbocycles. The van der Waals surface area contributed by atoms with Gasteiger partial charge in [0.05, 0.1) is 11.1 Å². The van der Waals surface area contributed by atoms with Gasteiger partial charge in [0.15, 0.2) is 0 Å². The van der Waals surface area contributed by atoms with Crippen molar-refractivity contribution in [1.29, 1.82) is 0 Å². The van der Waals surface area contributed by atoms with Gasteiger partial charge in [-0.2, -0.15) is 0 Å². The van der Waals surface area contributed by atoms with Crippen LogP contribution in [0.3, 0.4) is 0 Å². The van der Waals surface area contributed by atoms with Gasteiger partial charge in [-0.15, -0.1) is 0 Å². The van der Waals surface area contributed by atoms with Gasteiger partial charge in [-0.05, 0) is 48.4 Å². The van der Waals surface area contributed by atoms with Crippen molar-refractivity contribution in [3.63, 3.8) is 0 Å². The van der Waals surface area contributed by atoms with Crippen LogP contribution >= 0.6 is 0 Å². The van der Waals surface area contributed by atoms with Crippen LogP contribution in [0.2, 0.25) is 0 Å². The monoisotopic (exact) mass is 395 g/mol. The molecule has 0 radical (unpaired) electrons. The SMILES string of the molecule is O=C1CCC(N2C(=O)c3cc4c(cc3C2=O)CN(CC2CCCCC2)C4)C(=O)N1. The maximum Gasteiger partial charge on any atom is 0.262 e. The maximum absolute atomic E-state index is 13.0. The summed E-state index contributed by atoms with van der Waals surface area (Å²) < 4.78 is 0. The van der Waals surface area contributed by atoms with Crippen molar-refractivity contribution in [3.8, 4) is 0 Å². The number of nitrogens with zero attached hydrogens (tertiary/aromatic N) is 2. The number of rotatable bonds is 3. The van der Waals surface area contributed by atoms with E-state index in [1.54, 1.807) is 0 Å². The molecule has 0 spiro atoms. The lowest BCUT2D eigenvalue weighted by Crippen LogP contribution is -2.54. The molecule has 1 aromatic rings. The zero-order chi connectivity index (χ0) is 20.1. The second-order valence-corrected chi connectivity index (χ2v) is 8.79. The first kappa shape index (κ1) is 18.5. The van der Waals surface area contributed by atoms with Crippen molar-refractivity contribution in [3.05, 3.63) is 34.4 Å². The van der Waals surface area contributed by atoms with Crippen molar-refractivity contribution in [2.75, 3.05) is 6.54 Å². The molecule has 4 amide bonds. The number of hydrogen-bond acceptors (Lipinski definition) is 5. The molecule has 7 heteroatoms. The average Bonchev–Trinajstić information content (AvgIpc) is 3.20. The fraction of sp³-hybridized carbons (Fsp3) is 0.545. The Morgan fingerprint density at radius 2 is 1.48 bits per heavy atom. The van der Waals surface area contributed by atoms with Crippen molar-refractivity contribution < 1.29 is 19.2 Å². The summed E-state index contributed by atoms with van der Waals surface area (Å²) >= 11 is 0. The van der Waals surface area contributed by atoms with Gasteiger partial charge in [0.25, 0.3) is 11.8 Å². The van der Waals surface area contributed by atoms with Crippen LogP contribution in [0, 0.1) is 5.92 Å². The summed E-state index contributed by atoms with van der Waals surface area (Å²) in [6.45, 7) is 2.68. The van der Waals surface area contributed by atoms with E-state index in [2.05, 4.69) is 10.2 Å². The summed E-state index contributed by atoms with van der Waals surface area (Å²) in [4.78, 5) is 53.0. The molecule has 4 aliphatic rings. The molecule has 5 rings (SSSR count). The molecular weight excluding hydrogens is 370 g/mol. The van der Waals surface area contributed by atoms with Gasteiger partial charge in [0, 0.05) is 26.1 Å². The molecule has 152 valence electrons. The zero-order valence-corrected chi connectivity index (χ0v) is 16.4. The normalized spacial score (nSPS) is 25.4. The van der Waals surface area contributed by atoms with Gasteiger partial charge < -0.3 is 0 Å². The maximum atomic E-state index is 13.0. The van der Waals surface area contributed by atoms with Crippen molar-refractivity contribution in [2.45, 2.75) is 64.1 Å².